The zero-order valence-corrected chi connectivity index (χ0v) is 16.4. The third kappa shape index (κ3) is 3.73. The maximum Gasteiger partial charge on any atom is 0.267 e. The molecule has 0 fully saturated rings. The van der Waals surface area contributed by atoms with Crippen LogP contribution in [-0.2, 0) is 0 Å². The van der Waals surface area contributed by atoms with Gasteiger partial charge in [-0.05, 0) is 50.2 Å². The van der Waals surface area contributed by atoms with Crippen molar-refractivity contribution in [2.45, 2.75) is 13.8 Å². The van der Waals surface area contributed by atoms with E-state index in [2.05, 4.69) is 15.3 Å². The van der Waals surface area contributed by atoms with E-state index in [0.29, 0.717) is 22.9 Å². The number of para-hydroxylation sites is 1. The first-order valence-corrected chi connectivity index (χ1v) is 9.82. The molecule has 0 radical (unpaired) electrons. The van der Waals surface area contributed by atoms with Crippen LogP contribution in [0.3, 0.4) is 0 Å². The average Bonchev–Trinajstić information content (AvgIpc) is 3.10. The van der Waals surface area contributed by atoms with Gasteiger partial charge in [-0.3, -0.25) is 9.78 Å². The lowest BCUT2D eigenvalue weighted by atomic mass is 10.2. The largest absolute Gasteiger partial charge is 0.494 e. The molecule has 5 nitrogen and oxygen atoms in total. The molecule has 0 bridgehead atoms. The molecule has 4 rings (SSSR count). The van der Waals surface area contributed by atoms with Gasteiger partial charge in [0.15, 0.2) is 0 Å². The monoisotopic (exact) mass is 389 g/mol. The lowest BCUT2D eigenvalue weighted by molar-refractivity contribution is 0.103. The highest BCUT2D eigenvalue weighted by Crippen LogP contribution is 2.30. The first-order valence-electron chi connectivity index (χ1n) is 9.01. The summed E-state index contributed by atoms with van der Waals surface area (Å²) in [6.07, 6.45) is 1.67. The van der Waals surface area contributed by atoms with E-state index in [1.807, 2.05) is 68.4 Å². The Morgan fingerprint density at radius 1 is 1.14 bits per heavy atom. The van der Waals surface area contributed by atoms with Crippen molar-refractivity contribution in [1.82, 2.24) is 9.97 Å². The quantitative estimate of drug-likeness (QED) is 0.502. The zero-order chi connectivity index (χ0) is 19.5. The minimum Gasteiger partial charge on any atom is -0.494 e. The second-order valence-electron chi connectivity index (χ2n) is 6.26. The van der Waals surface area contributed by atoms with Gasteiger partial charge in [-0.25, -0.2) is 4.98 Å². The summed E-state index contributed by atoms with van der Waals surface area (Å²) in [5.41, 5.74) is 3.23. The zero-order valence-electron chi connectivity index (χ0n) is 15.6. The highest BCUT2D eigenvalue weighted by Gasteiger charge is 2.17. The highest BCUT2D eigenvalue weighted by atomic mass is 32.1. The Balaban J connectivity index is 1.55. The first kappa shape index (κ1) is 18.1. The van der Waals surface area contributed by atoms with Crippen molar-refractivity contribution in [3.8, 4) is 16.3 Å². The second-order valence-corrected chi connectivity index (χ2v) is 7.26. The smallest absolute Gasteiger partial charge is 0.267 e. The number of nitrogens with zero attached hydrogens (tertiary/aromatic N) is 2. The minimum absolute atomic E-state index is 0.177. The third-order valence-corrected chi connectivity index (χ3v) is 5.47. The molecule has 1 amide bonds. The van der Waals surface area contributed by atoms with Crippen LogP contribution in [-0.4, -0.2) is 22.5 Å². The number of fused-ring (bicyclic) bond motifs is 1. The highest BCUT2D eigenvalue weighted by molar-refractivity contribution is 7.17. The summed E-state index contributed by atoms with van der Waals surface area (Å²) in [5, 5.41) is 4.72. The fourth-order valence-corrected chi connectivity index (χ4v) is 3.89. The summed E-state index contributed by atoms with van der Waals surface area (Å²) in [6.45, 7) is 4.43. The molecule has 6 heteroatoms. The molecular weight excluding hydrogens is 370 g/mol. The van der Waals surface area contributed by atoms with Gasteiger partial charge >= 0.3 is 0 Å². The van der Waals surface area contributed by atoms with Gasteiger partial charge in [0, 0.05) is 10.9 Å². The number of aryl methyl sites for hydroxylation is 1. The SMILES string of the molecule is CCOc1ccc(-c2nc(C)c(C(=O)Nc3cnc4ccccc4c3)s2)cc1. The van der Waals surface area contributed by atoms with Gasteiger partial charge in [-0.1, -0.05) is 18.2 Å². The summed E-state index contributed by atoms with van der Waals surface area (Å²) < 4.78 is 5.47. The van der Waals surface area contributed by atoms with Gasteiger partial charge in [-0.2, -0.15) is 0 Å². The number of ether oxygens (including phenoxy) is 1. The number of anilines is 1. The van der Waals surface area contributed by atoms with Crippen LogP contribution in [0.25, 0.3) is 21.5 Å². The molecule has 0 unspecified atom stereocenters. The molecule has 2 heterocycles. The molecule has 0 saturated heterocycles. The van der Waals surface area contributed by atoms with Crippen LogP contribution >= 0.6 is 11.3 Å². The summed E-state index contributed by atoms with van der Waals surface area (Å²) in [5.74, 6) is 0.644. The van der Waals surface area contributed by atoms with Crippen molar-refractivity contribution in [3.05, 3.63) is 71.4 Å². The number of hydrogen-bond acceptors (Lipinski definition) is 5. The fourth-order valence-electron chi connectivity index (χ4n) is 2.92. The van der Waals surface area contributed by atoms with Crippen LogP contribution in [0.2, 0.25) is 0 Å². The Kier molecular flexibility index (Phi) is 5.04. The molecule has 0 aliphatic carbocycles. The molecular formula is C22H19N3O2S. The average molecular weight is 389 g/mol. The number of nitrogens with one attached hydrogen (secondary N) is 1. The molecule has 28 heavy (non-hydrogen) atoms. The number of thiazole rings is 1. The summed E-state index contributed by atoms with van der Waals surface area (Å²) in [7, 11) is 0. The normalized spacial score (nSPS) is 10.8. The molecule has 2 aromatic heterocycles. The van der Waals surface area contributed by atoms with Crippen molar-refractivity contribution in [1.29, 1.82) is 0 Å². The maximum absolute atomic E-state index is 12.8. The molecule has 140 valence electrons. The van der Waals surface area contributed by atoms with Crippen molar-refractivity contribution in [2.75, 3.05) is 11.9 Å². The maximum atomic E-state index is 12.8. The number of rotatable bonds is 5. The number of benzene rings is 2. The Bertz CT molecular complexity index is 1140. The standard InChI is InChI=1S/C22H19N3O2S/c1-3-27-18-10-8-15(9-11-18)22-24-14(2)20(28-22)21(26)25-17-12-16-6-4-5-7-19(16)23-13-17/h4-13H,3H2,1-2H3,(H,25,26). The Morgan fingerprint density at radius 2 is 1.93 bits per heavy atom. The first-order chi connectivity index (χ1) is 13.6. The Hall–Kier alpha value is -3.25. The van der Waals surface area contributed by atoms with E-state index >= 15 is 0 Å². The van der Waals surface area contributed by atoms with Crippen LogP contribution in [0, 0.1) is 6.92 Å². The molecule has 2 aromatic carbocycles. The van der Waals surface area contributed by atoms with E-state index in [0.717, 1.165) is 27.2 Å². The van der Waals surface area contributed by atoms with E-state index < -0.39 is 0 Å². The number of hydrogen-bond donors (Lipinski definition) is 1. The van der Waals surface area contributed by atoms with Crippen molar-refractivity contribution < 1.29 is 9.53 Å². The van der Waals surface area contributed by atoms with Gasteiger partial charge in [0.1, 0.15) is 15.6 Å². The number of amides is 1. The Labute approximate surface area is 167 Å². The third-order valence-electron chi connectivity index (χ3n) is 4.26. The summed E-state index contributed by atoms with van der Waals surface area (Å²) in [4.78, 5) is 22.3. The van der Waals surface area contributed by atoms with Crippen molar-refractivity contribution in [3.63, 3.8) is 0 Å². The molecule has 0 saturated carbocycles. The fraction of sp³-hybridized carbons (Fsp3) is 0.136. The molecule has 0 atom stereocenters. The topological polar surface area (TPSA) is 64.1 Å². The van der Waals surface area contributed by atoms with Crippen LogP contribution < -0.4 is 10.1 Å². The van der Waals surface area contributed by atoms with E-state index in [1.165, 1.54) is 11.3 Å². The molecule has 1 N–H and O–H groups in total. The van der Waals surface area contributed by atoms with E-state index in [4.69, 9.17) is 4.74 Å². The number of pyridine rings is 1. The van der Waals surface area contributed by atoms with Crippen molar-refractivity contribution >= 4 is 33.8 Å². The van der Waals surface area contributed by atoms with Gasteiger partial charge < -0.3 is 10.1 Å². The molecule has 0 spiro atoms. The predicted octanol–water partition coefficient (Wildman–Crippen LogP) is 5.32. The predicted molar refractivity (Wildman–Crippen MR) is 113 cm³/mol. The number of carbonyl (C=O) groups excluding carboxylic acids is 1. The molecule has 0 aliphatic heterocycles. The van der Waals surface area contributed by atoms with Crippen molar-refractivity contribution in [2.24, 2.45) is 0 Å². The van der Waals surface area contributed by atoms with Crippen LogP contribution in [0.4, 0.5) is 5.69 Å². The molecule has 0 aliphatic rings. The van der Waals surface area contributed by atoms with E-state index in [9.17, 15) is 4.79 Å². The van der Waals surface area contributed by atoms with Gasteiger partial charge in [-0.15, -0.1) is 11.3 Å². The Morgan fingerprint density at radius 3 is 2.71 bits per heavy atom. The van der Waals surface area contributed by atoms with Gasteiger partial charge in [0.05, 0.1) is 29.7 Å². The van der Waals surface area contributed by atoms with E-state index in [-0.39, 0.29) is 5.91 Å². The molecule has 4 aromatic rings. The number of aromatic nitrogens is 2. The lowest BCUT2D eigenvalue weighted by Crippen LogP contribution is -2.11. The number of carbonyl (C=O) groups is 1. The summed E-state index contributed by atoms with van der Waals surface area (Å²) in [6, 6.07) is 17.5. The van der Waals surface area contributed by atoms with Gasteiger partial charge in [0.25, 0.3) is 5.91 Å². The van der Waals surface area contributed by atoms with Crippen LogP contribution in [0.15, 0.2) is 60.8 Å². The van der Waals surface area contributed by atoms with Crippen LogP contribution in [0.5, 0.6) is 5.75 Å². The lowest BCUT2D eigenvalue weighted by Gasteiger charge is -2.05. The minimum atomic E-state index is -0.177. The van der Waals surface area contributed by atoms with Gasteiger partial charge in [0.2, 0.25) is 0 Å². The second kappa shape index (κ2) is 7.78. The van der Waals surface area contributed by atoms with E-state index in [1.54, 1.807) is 6.20 Å². The summed E-state index contributed by atoms with van der Waals surface area (Å²) >= 11 is 1.38. The van der Waals surface area contributed by atoms with Crippen LogP contribution in [0.1, 0.15) is 22.3 Å².